The molecule has 0 aromatic heterocycles. The smallest absolute Gasteiger partial charge is 0.144 e. The van der Waals surface area contributed by atoms with Crippen LogP contribution in [-0.4, -0.2) is 76.0 Å². The Kier molecular flexibility index (Phi) is 5.59. The second kappa shape index (κ2) is 8.06. The Morgan fingerprint density at radius 3 is 2.88 bits per heavy atom. The number of piperazine rings is 1. The molecule has 1 N–H and O–H groups in total. The number of nitrogens with zero attached hydrogens (tertiary/aromatic N) is 4. The maximum absolute atomic E-state index is 5.91. The van der Waals surface area contributed by atoms with Gasteiger partial charge in [0.25, 0.3) is 0 Å². The molecule has 0 spiro atoms. The Morgan fingerprint density at radius 1 is 1.25 bits per heavy atom. The molecule has 6 heteroatoms. The topological polar surface area (TPSA) is 43.3 Å². The van der Waals surface area contributed by atoms with E-state index in [9.17, 15) is 0 Å². The summed E-state index contributed by atoms with van der Waals surface area (Å²) in [5, 5.41) is 3.37. The SMILES string of the molecule is CN(C)c1cccc(OCCN2C=C(N3CCNCC3)N=CC2)c1. The number of anilines is 1. The van der Waals surface area contributed by atoms with Crippen LogP contribution >= 0.6 is 0 Å². The standard InChI is InChI=1S/C18H27N5O/c1-21(2)16-4-3-5-17(14-16)24-13-12-22-9-8-20-18(15-22)23-10-6-19-7-11-23/h3-5,8,14-15,19H,6-7,9-13H2,1-2H3. The molecule has 1 aromatic carbocycles. The van der Waals surface area contributed by atoms with Crippen LogP contribution in [-0.2, 0) is 0 Å². The molecule has 0 bridgehead atoms. The number of hydrogen-bond donors (Lipinski definition) is 1. The highest BCUT2D eigenvalue weighted by atomic mass is 16.5. The summed E-state index contributed by atoms with van der Waals surface area (Å²) in [6.45, 7) is 6.45. The third-order valence-corrected chi connectivity index (χ3v) is 4.26. The first-order valence-corrected chi connectivity index (χ1v) is 8.56. The number of rotatable bonds is 6. The molecule has 3 rings (SSSR count). The van der Waals surface area contributed by atoms with Crippen molar-refractivity contribution in [2.45, 2.75) is 0 Å². The first-order valence-electron chi connectivity index (χ1n) is 8.56. The largest absolute Gasteiger partial charge is 0.492 e. The van der Waals surface area contributed by atoms with E-state index in [2.05, 4.69) is 43.3 Å². The van der Waals surface area contributed by atoms with Crippen LogP contribution in [0.25, 0.3) is 0 Å². The number of aliphatic imine (C=N–C) groups is 1. The minimum Gasteiger partial charge on any atom is -0.492 e. The van der Waals surface area contributed by atoms with Crippen LogP contribution in [0.3, 0.4) is 0 Å². The summed E-state index contributed by atoms with van der Waals surface area (Å²) in [5.74, 6) is 1.98. The van der Waals surface area contributed by atoms with Gasteiger partial charge >= 0.3 is 0 Å². The van der Waals surface area contributed by atoms with Gasteiger partial charge in [0, 0.05) is 64.4 Å². The molecular formula is C18H27N5O. The molecule has 1 aromatic rings. The summed E-state index contributed by atoms with van der Waals surface area (Å²) in [6, 6.07) is 8.18. The Labute approximate surface area is 144 Å². The van der Waals surface area contributed by atoms with Crippen LogP contribution < -0.4 is 15.0 Å². The van der Waals surface area contributed by atoms with E-state index in [1.54, 1.807) is 0 Å². The van der Waals surface area contributed by atoms with Crippen molar-refractivity contribution in [3.05, 3.63) is 36.3 Å². The fourth-order valence-corrected chi connectivity index (χ4v) is 2.83. The molecule has 0 atom stereocenters. The van der Waals surface area contributed by atoms with Gasteiger partial charge in [-0.1, -0.05) is 6.07 Å². The molecule has 2 heterocycles. The number of hydrogen-bond acceptors (Lipinski definition) is 6. The fraction of sp³-hybridized carbons (Fsp3) is 0.500. The summed E-state index contributed by atoms with van der Waals surface area (Å²) < 4.78 is 5.91. The molecule has 6 nitrogen and oxygen atoms in total. The van der Waals surface area contributed by atoms with Crippen molar-refractivity contribution < 1.29 is 4.74 Å². The lowest BCUT2D eigenvalue weighted by Gasteiger charge is -2.32. The van der Waals surface area contributed by atoms with Gasteiger partial charge in [-0.05, 0) is 12.1 Å². The van der Waals surface area contributed by atoms with Gasteiger partial charge < -0.3 is 24.8 Å². The lowest BCUT2D eigenvalue weighted by Crippen LogP contribution is -2.43. The van der Waals surface area contributed by atoms with Gasteiger partial charge in [0.05, 0.1) is 13.1 Å². The monoisotopic (exact) mass is 329 g/mol. The van der Waals surface area contributed by atoms with Gasteiger partial charge in [-0.15, -0.1) is 0 Å². The van der Waals surface area contributed by atoms with E-state index < -0.39 is 0 Å². The quantitative estimate of drug-likeness (QED) is 0.850. The van der Waals surface area contributed by atoms with Crippen molar-refractivity contribution in [3.8, 4) is 5.75 Å². The maximum Gasteiger partial charge on any atom is 0.144 e. The molecule has 0 radical (unpaired) electrons. The number of nitrogens with one attached hydrogen (secondary N) is 1. The van der Waals surface area contributed by atoms with Crippen molar-refractivity contribution in [1.82, 2.24) is 15.1 Å². The summed E-state index contributed by atoms with van der Waals surface area (Å²) in [7, 11) is 4.07. The second-order valence-corrected chi connectivity index (χ2v) is 6.27. The predicted octanol–water partition coefficient (Wildman–Crippen LogP) is 1.22. The number of ether oxygens (including phenoxy) is 1. The van der Waals surface area contributed by atoms with Crippen molar-refractivity contribution in [2.24, 2.45) is 4.99 Å². The van der Waals surface area contributed by atoms with Gasteiger partial charge in [0.2, 0.25) is 0 Å². The Balaban J connectivity index is 1.50. The minimum atomic E-state index is 0.663. The van der Waals surface area contributed by atoms with E-state index in [0.29, 0.717) is 6.61 Å². The first kappa shape index (κ1) is 16.6. The molecule has 2 aliphatic rings. The Bertz CT molecular complexity index is 593. The van der Waals surface area contributed by atoms with E-state index in [4.69, 9.17) is 4.74 Å². The van der Waals surface area contributed by atoms with E-state index in [0.717, 1.165) is 56.5 Å². The highest BCUT2D eigenvalue weighted by Gasteiger charge is 2.15. The van der Waals surface area contributed by atoms with E-state index in [-0.39, 0.29) is 0 Å². The lowest BCUT2D eigenvalue weighted by molar-refractivity contribution is 0.251. The van der Waals surface area contributed by atoms with Gasteiger partial charge in [0.15, 0.2) is 0 Å². The lowest BCUT2D eigenvalue weighted by atomic mass is 10.3. The molecule has 2 aliphatic heterocycles. The van der Waals surface area contributed by atoms with Gasteiger partial charge in [-0.3, -0.25) is 0 Å². The van der Waals surface area contributed by atoms with Crippen molar-refractivity contribution >= 4 is 11.9 Å². The average molecular weight is 329 g/mol. The van der Waals surface area contributed by atoms with E-state index in [1.165, 1.54) is 0 Å². The van der Waals surface area contributed by atoms with Crippen LogP contribution in [0.15, 0.2) is 41.3 Å². The third kappa shape index (κ3) is 4.41. The molecule has 130 valence electrons. The molecular weight excluding hydrogens is 302 g/mol. The Morgan fingerprint density at radius 2 is 2.08 bits per heavy atom. The van der Waals surface area contributed by atoms with Crippen LogP contribution in [0.4, 0.5) is 5.69 Å². The summed E-state index contributed by atoms with van der Waals surface area (Å²) >= 11 is 0. The van der Waals surface area contributed by atoms with E-state index in [1.807, 2.05) is 32.4 Å². The predicted molar refractivity (Wildman–Crippen MR) is 98.9 cm³/mol. The summed E-state index contributed by atoms with van der Waals surface area (Å²) in [4.78, 5) is 11.2. The highest BCUT2D eigenvalue weighted by molar-refractivity contribution is 5.62. The first-order chi connectivity index (χ1) is 11.7. The molecule has 0 unspecified atom stereocenters. The third-order valence-electron chi connectivity index (χ3n) is 4.26. The van der Waals surface area contributed by atoms with E-state index >= 15 is 0 Å². The summed E-state index contributed by atoms with van der Waals surface area (Å²) in [6.07, 6.45) is 4.15. The maximum atomic E-state index is 5.91. The van der Waals surface area contributed by atoms with Gasteiger partial charge in [-0.2, -0.15) is 0 Å². The summed E-state index contributed by atoms with van der Waals surface area (Å²) in [5.41, 5.74) is 1.15. The van der Waals surface area contributed by atoms with Crippen LogP contribution in [0.2, 0.25) is 0 Å². The molecule has 1 saturated heterocycles. The zero-order valence-electron chi connectivity index (χ0n) is 14.6. The van der Waals surface area contributed by atoms with Crippen molar-refractivity contribution in [3.63, 3.8) is 0 Å². The second-order valence-electron chi connectivity index (χ2n) is 6.27. The average Bonchev–Trinajstić information content (AvgIpc) is 2.63. The molecule has 24 heavy (non-hydrogen) atoms. The zero-order valence-corrected chi connectivity index (χ0v) is 14.6. The van der Waals surface area contributed by atoms with Crippen molar-refractivity contribution in [1.29, 1.82) is 0 Å². The van der Waals surface area contributed by atoms with Crippen LogP contribution in [0.5, 0.6) is 5.75 Å². The zero-order chi connectivity index (χ0) is 16.8. The Hall–Kier alpha value is -2.21. The number of benzene rings is 1. The molecule has 1 fully saturated rings. The van der Waals surface area contributed by atoms with Gasteiger partial charge in [-0.25, -0.2) is 4.99 Å². The van der Waals surface area contributed by atoms with Crippen LogP contribution in [0.1, 0.15) is 0 Å². The van der Waals surface area contributed by atoms with Crippen LogP contribution in [0, 0.1) is 0 Å². The normalized spacial score (nSPS) is 17.7. The minimum absolute atomic E-state index is 0.663. The van der Waals surface area contributed by atoms with Crippen molar-refractivity contribution in [2.75, 3.05) is 64.9 Å². The molecule has 0 amide bonds. The highest BCUT2D eigenvalue weighted by Crippen LogP contribution is 2.19. The molecule has 0 saturated carbocycles. The van der Waals surface area contributed by atoms with Gasteiger partial charge in [0.1, 0.15) is 18.2 Å². The fourth-order valence-electron chi connectivity index (χ4n) is 2.83. The molecule has 0 aliphatic carbocycles.